The van der Waals surface area contributed by atoms with Crippen molar-refractivity contribution in [1.29, 1.82) is 0 Å². The summed E-state index contributed by atoms with van der Waals surface area (Å²) in [6.07, 6.45) is 0. The summed E-state index contributed by atoms with van der Waals surface area (Å²) in [5.41, 5.74) is 23.0. The Bertz CT molecular complexity index is 6030. The average molecular weight is 1220 g/mol. The van der Waals surface area contributed by atoms with E-state index in [-0.39, 0.29) is 0 Å². The molecule has 0 spiro atoms. The fourth-order valence-electron chi connectivity index (χ4n) is 15.0. The van der Waals surface area contributed by atoms with Crippen molar-refractivity contribution in [3.8, 4) is 89.0 Å². The van der Waals surface area contributed by atoms with E-state index in [1.807, 2.05) is 0 Å². The highest BCUT2D eigenvalue weighted by atomic mass is 16.3. The molecule has 0 aliphatic heterocycles. The van der Waals surface area contributed by atoms with E-state index in [2.05, 4.69) is 352 Å². The number of benzene rings is 17. The zero-order chi connectivity index (χ0) is 68.1. The molecule has 95 heavy (non-hydrogen) atoms. The molecule has 0 radical (unpaired) electrons. The molecule has 19 rings (SSSR count). The largest absolute Gasteiger partial charge is 0.456 e. The van der Waals surface area contributed by atoms with Gasteiger partial charge in [-0.25, -0.2) is 0 Å². The Hall–Kier alpha value is -12.4. The minimum absolute atomic E-state index is 0.906. The molecule has 0 aliphatic carbocycles. The number of rotatable bonds is 8. The lowest BCUT2D eigenvalue weighted by molar-refractivity contribution is 0.669. The Kier molecular flexibility index (Phi) is 13.3. The molecular weight excluding hydrogens is 1150 g/mol. The second-order valence-electron chi connectivity index (χ2n) is 24.4. The SMILES string of the molecule is [2H]C.[2H][2H].[2H][2H].c1ccc(-c2c3ccccc3c(-c3ccc(-c4ccc5c(c4)oc4cccc(-c6ccccc6)c45)cc3)c3ccccc23)cc1.c1ccc(-c2cccc3oc4c(-c5ccc(-c6c7ccccc7c(-c7cccc8ccccc78)c7ccccc67)cc5)cccc4c23)cc1. The molecule has 0 bridgehead atoms. The van der Waals surface area contributed by atoms with Crippen molar-refractivity contribution < 1.29 is 16.1 Å². The van der Waals surface area contributed by atoms with Crippen LogP contribution in [0.15, 0.2) is 361 Å². The van der Waals surface area contributed by atoms with Crippen LogP contribution in [-0.2, 0) is 0 Å². The van der Waals surface area contributed by atoms with E-state index in [0.717, 1.165) is 55.2 Å². The van der Waals surface area contributed by atoms with Gasteiger partial charge in [0.1, 0.15) is 22.3 Å². The summed E-state index contributed by atoms with van der Waals surface area (Å²) >= 11 is 0. The molecule has 19 aromatic rings. The molecule has 2 heterocycles. The van der Waals surface area contributed by atoms with E-state index < -0.39 is 0 Å². The van der Waals surface area contributed by atoms with Crippen LogP contribution in [0.2, 0.25) is 0 Å². The van der Waals surface area contributed by atoms with Gasteiger partial charge in [-0.2, -0.15) is 0 Å². The maximum Gasteiger partial charge on any atom is 0.143 e. The Morgan fingerprint density at radius 2 is 0.537 bits per heavy atom. The van der Waals surface area contributed by atoms with Crippen molar-refractivity contribution >= 4 is 97.7 Å². The van der Waals surface area contributed by atoms with Gasteiger partial charge in [0.15, 0.2) is 0 Å². The highest BCUT2D eigenvalue weighted by Gasteiger charge is 2.22. The van der Waals surface area contributed by atoms with Crippen molar-refractivity contribution in [1.82, 2.24) is 0 Å². The summed E-state index contributed by atoms with van der Waals surface area (Å²) in [6.45, 7) is 0. The Labute approximate surface area is 559 Å². The van der Waals surface area contributed by atoms with Gasteiger partial charge in [0.05, 0.1) is 0 Å². The lowest BCUT2D eigenvalue weighted by Gasteiger charge is -2.19. The van der Waals surface area contributed by atoms with E-state index in [1.165, 1.54) is 139 Å². The molecule has 2 aromatic heterocycles. The zero-order valence-corrected chi connectivity index (χ0v) is 52.3. The summed E-state index contributed by atoms with van der Waals surface area (Å²) in [7, 11) is 1.25. The minimum Gasteiger partial charge on any atom is -0.456 e. The average Bonchev–Trinajstić information content (AvgIpc) is 0.913. The number of fused-ring (bicyclic) bond motifs is 11. The first-order valence-corrected chi connectivity index (χ1v) is 32.3. The van der Waals surface area contributed by atoms with Crippen molar-refractivity contribution in [2.75, 3.05) is 0 Å². The first-order valence-electron chi connectivity index (χ1n) is 35.3. The minimum atomic E-state index is 0.906. The molecule has 0 fully saturated rings. The summed E-state index contributed by atoms with van der Waals surface area (Å²) in [4.78, 5) is 0. The fourth-order valence-corrected chi connectivity index (χ4v) is 15.0. The molecule has 0 atom stereocenters. The van der Waals surface area contributed by atoms with Gasteiger partial charge in [-0.15, -0.1) is 0 Å². The maximum atomic E-state index is 6.62. The molecule has 17 aromatic carbocycles. The molecule has 2 heteroatoms. The van der Waals surface area contributed by atoms with Crippen molar-refractivity contribution in [3.05, 3.63) is 352 Å². The van der Waals surface area contributed by atoms with Gasteiger partial charge in [-0.05, 0) is 162 Å². The van der Waals surface area contributed by atoms with E-state index in [0.29, 0.717) is 0 Å². The van der Waals surface area contributed by atoms with Gasteiger partial charge in [0.25, 0.3) is 0 Å². The number of hydrogen-bond acceptors (Lipinski definition) is 2. The van der Waals surface area contributed by atoms with Crippen LogP contribution in [0.1, 0.15) is 14.7 Å². The third-order valence-corrected chi connectivity index (χ3v) is 19.2. The summed E-state index contributed by atoms with van der Waals surface area (Å²) in [6, 6.07) is 126. The second kappa shape index (κ2) is 23.7. The van der Waals surface area contributed by atoms with E-state index in [4.69, 9.17) is 16.1 Å². The molecule has 0 unspecified atom stereocenters. The summed E-state index contributed by atoms with van der Waals surface area (Å²) in [5, 5.41) is 17.2. The number of furan rings is 2. The van der Waals surface area contributed by atoms with Crippen LogP contribution >= 0.6 is 0 Å². The topological polar surface area (TPSA) is 26.3 Å². The summed E-state index contributed by atoms with van der Waals surface area (Å²) < 4.78 is 38.8. The number of hydrogen-bond donors (Lipinski definition) is 0. The predicted molar refractivity (Wildman–Crippen MR) is 409 cm³/mol. The Morgan fingerprint density at radius 1 is 0.211 bits per heavy atom. The van der Waals surface area contributed by atoms with Crippen LogP contribution in [-0.4, -0.2) is 0 Å². The molecule has 0 aliphatic rings. The molecule has 0 amide bonds. The Morgan fingerprint density at radius 3 is 1.05 bits per heavy atom. The van der Waals surface area contributed by atoms with Crippen LogP contribution in [0.25, 0.3) is 187 Å². The smallest absolute Gasteiger partial charge is 0.143 e. The highest BCUT2D eigenvalue weighted by Crippen LogP contribution is 2.48. The molecule has 0 saturated heterocycles. The molecular formula is C93H66O2. The maximum absolute atomic E-state index is 6.62. The molecule has 0 N–H and O–H groups in total. The number of para-hydroxylation sites is 1. The monoisotopic (exact) mass is 1220 g/mol. The molecule has 450 valence electrons. The standard InChI is InChI=1S/C48H30O.C44H28O.CH4.2H2/c1-2-13-32(14-3-1)36-22-12-26-44-47(36)43-25-11-23-37(48(43)49-44)33-27-29-34(30-28-33)45-39-18-6-8-20-41(39)46(42-21-9-7-19-40(42)45)38-24-10-16-31-15-4-5-17-35(31)38;1-3-12-30(13-4-1)34-20-11-21-40-44(34)39-27-26-33(28-41(39)45-40)29-22-24-32(25-23-29)43-37-18-9-7-16-35(37)42(31-14-5-2-6-15-31)36-17-8-10-19-38(36)43;;;/h1-30H;1-28H;1H4;2*1H/i;;1D;2*1+1D. The van der Waals surface area contributed by atoms with Gasteiger partial charge >= 0.3 is 0 Å². The van der Waals surface area contributed by atoms with Gasteiger partial charge in [0, 0.05) is 34.4 Å². The van der Waals surface area contributed by atoms with Gasteiger partial charge < -0.3 is 8.83 Å². The first-order chi connectivity index (χ1) is 49.7. The molecule has 0 saturated carbocycles. The third-order valence-electron chi connectivity index (χ3n) is 19.2. The lowest BCUT2D eigenvalue weighted by atomic mass is 9.84. The lowest BCUT2D eigenvalue weighted by Crippen LogP contribution is -1.91. The summed E-state index contributed by atoms with van der Waals surface area (Å²) in [5.74, 6) is 0. The first kappa shape index (κ1) is 53.3. The van der Waals surface area contributed by atoms with Gasteiger partial charge in [-0.3, -0.25) is 0 Å². The van der Waals surface area contributed by atoms with Gasteiger partial charge in [0.2, 0.25) is 0 Å². The van der Waals surface area contributed by atoms with E-state index >= 15 is 0 Å². The van der Waals surface area contributed by atoms with Crippen molar-refractivity contribution in [2.45, 2.75) is 7.40 Å². The van der Waals surface area contributed by atoms with Crippen LogP contribution in [0, 0.1) is 0 Å². The van der Waals surface area contributed by atoms with Crippen LogP contribution in [0.4, 0.5) is 0 Å². The van der Waals surface area contributed by atoms with Crippen molar-refractivity contribution in [3.63, 3.8) is 0 Å². The third kappa shape index (κ3) is 9.65. The molecule has 2 nitrogen and oxygen atoms in total. The van der Waals surface area contributed by atoms with Crippen molar-refractivity contribution in [2.24, 2.45) is 0 Å². The van der Waals surface area contributed by atoms with Crippen LogP contribution in [0.5, 0.6) is 0 Å². The normalized spacial score (nSPS) is 11.7. The van der Waals surface area contributed by atoms with E-state index in [1.54, 1.807) is 0 Å². The highest BCUT2D eigenvalue weighted by molar-refractivity contribution is 6.25. The van der Waals surface area contributed by atoms with E-state index in [9.17, 15) is 0 Å². The van der Waals surface area contributed by atoms with Crippen LogP contribution < -0.4 is 0 Å². The zero-order valence-electron chi connectivity index (χ0n) is 57.3. The fraction of sp³-hybridized carbons (Fsp3) is 0.0108. The second-order valence-corrected chi connectivity index (χ2v) is 24.4. The quantitative estimate of drug-likeness (QED) is 0.142. The predicted octanol–water partition coefficient (Wildman–Crippen LogP) is 27.4. The van der Waals surface area contributed by atoms with Gasteiger partial charge in [-0.1, -0.05) is 335 Å². The Balaban J connectivity index is 0.000000152. The van der Waals surface area contributed by atoms with Crippen LogP contribution in [0.3, 0.4) is 0 Å².